The van der Waals surface area contributed by atoms with E-state index < -0.39 is 0 Å². The molecule has 0 aliphatic carbocycles. The Morgan fingerprint density at radius 1 is 1.42 bits per heavy atom. The fourth-order valence-corrected chi connectivity index (χ4v) is 2.50. The van der Waals surface area contributed by atoms with Gasteiger partial charge in [0, 0.05) is 35.9 Å². The first-order valence-corrected chi connectivity index (χ1v) is 6.91. The van der Waals surface area contributed by atoms with Gasteiger partial charge in [-0.05, 0) is 33.9 Å². The summed E-state index contributed by atoms with van der Waals surface area (Å²) < 4.78 is 5.64. The molecule has 3 atom stereocenters. The van der Waals surface area contributed by atoms with Gasteiger partial charge in [0.15, 0.2) is 0 Å². The van der Waals surface area contributed by atoms with E-state index in [0.717, 1.165) is 24.4 Å². The van der Waals surface area contributed by atoms with E-state index in [-0.39, 0.29) is 12.1 Å². The van der Waals surface area contributed by atoms with Gasteiger partial charge in [-0.1, -0.05) is 6.07 Å². The van der Waals surface area contributed by atoms with Crippen LogP contribution >= 0.6 is 0 Å². The van der Waals surface area contributed by atoms with Crippen molar-refractivity contribution in [3.63, 3.8) is 0 Å². The highest BCUT2D eigenvalue weighted by Crippen LogP contribution is 2.30. The summed E-state index contributed by atoms with van der Waals surface area (Å²) in [6.07, 6.45) is 0.231. The number of phenols is 1. The maximum atomic E-state index is 10.2. The summed E-state index contributed by atoms with van der Waals surface area (Å²) in [4.78, 5) is 2.29. The zero-order chi connectivity index (χ0) is 14.0. The summed E-state index contributed by atoms with van der Waals surface area (Å²) in [5.41, 5.74) is 1.99. The van der Waals surface area contributed by atoms with Gasteiger partial charge in [0.25, 0.3) is 0 Å². The minimum absolute atomic E-state index is 0.148. The van der Waals surface area contributed by atoms with Crippen LogP contribution in [0, 0.1) is 0 Å². The molecule has 2 N–H and O–H groups in total. The Morgan fingerprint density at radius 2 is 2.16 bits per heavy atom. The molecule has 0 aromatic heterocycles. The van der Waals surface area contributed by atoms with E-state index in [1.54, 1.807) is 0 Å². The number of ether oxygens (including phenoxy) is 1. The van der Waals surface area contributed by atoms with Crippen molar-refractivity contribution in [3.8, 4) is 5.75 Å². The number of hydrogen-bond acceptors (Lipinski definition) is 4. The first-order valence-electron chi connectivity index (χ1n) is 6.91. The topological polar surface area (TPSA) is 44.7 Å². The van der Waals surface area contributed by atoms with E-state index in [2.05, 4.69) is 30.1 Å². The second-order valence-electron chi connectivity index (χ2n) is 5.40. The molecule has 1 aromatic carbocycles. The third-order valence-corrected chi connectivity index (χ3v) is 3.85. The van der Waals surface area contributed by atoms with Crippen LogP contribution < -0.4 is 10.2 Å². The lowest BCUT2D eigenvalue weighted by molar-refractivity contribution is 0.0343. The second kappa shape index (κ2) is 5.80. The molecule has 1 aliphatic heterocycles. The molecule has 0 radical (unpaired) electrons. The van der Waals surface area contributed by atoms with Crippen molar-refractivity contribution >= 4 is 5.69 Å². The lowest BCUT2D eigenvalue weighted by Crippen LogP contribution is -2.47. The molecule has 19 heavy (non-hydrogen) atoms. The highest BCUT2D eigenvalue weighted by Gasteiger charge is 2.24. The molecule has 1 aliphatic rings. The van der Waals surface area contributed by atoms with E-state index in [0.29, 0.717) is 11.8 Å². The number of morpholine rings is 1. The van der Waals surface area contributed by atoms with Crippen LogP contribution in [0.1, 0.15) is 32.4 Å². The summed E-state index contributed by atoms with van der Waals surface area (Å²) in [5, 5.41) is 13.3. The van der Waals surface area contributed by atoms with Gasteiger partial charge < -0.3 is 20.1 Å². The fraction of sp³-hybridized carbons (Fsp3) is 0.600. The molecule has 106 valence electrons. The van der Waals surface area contributed by atoms with Gasteiger partial charge in [0.05, 0.1) is 12.7 Å². The number of rotatable bonds is 3. The first-order chi connectivity index (χ1) is 9.02. The predicted octanol–water partition coefficient (Wildman–Crippen LogP) is 2.29. The van der Waals surface area contributed by atoms with Crippen molar-refractivity contribution in [2.24, 2.45) is 0 Å². The van der Waals surface area contributed by atoms with Gasteiger partial charge in [-0.15, -0.1) is 0 Å². The Morgan fingerprint density at radius 3 is 2.79 bits per heavy atom. The number of benzene rings is 1. The first kappa shape index (κ1) is 14.2. The highest BCUT2D eigenvalue weighted by molar-refractivity contribution is 5.55. The lowest BCUT2D eigenvalue weighted by Gasteiger charge is -2.38. The third-order valence-electron chi connectivity index (χ3n) is 3.85. The molecule has 1 heterocycles. The van der Waals surface area contributed by atoms with E-state index in [9.17, 15) is 5.11 Å². The number of aromatic hydroxyl groups is 1. The standard InChI is InChI=1S/C15H24N2O2/c1-10-9-19-11(2)8-17(10)13-5-6-14(12(3)16-4)15(18)7-13/h5-7,10-12,16,18H,8-9H2,1-4H3. The summed E-state index contributed by atoms with van der Waals surface area (Å²) in [6.45, 7) is 7.86. The number of phenolic OH excluding ortho intramolecular Hbond substituents is 1. The van der Waals surface area contributed by atoms with Crippen molar-refractivity contribution < 1.29 is 9.84 Å². The molecule has 0 saturated carbocycles. The molecule has 0 bridgehead atoms. The third kappa shape index (κ3) is 3.01. The molecule has 1 saturated heterocycles. The van der Waals surface area contributed by atoms with Crippen LogP contribution in [0.25, 0.3) is 0 Å². The molecule has 0 amide bonds. The monoisotopic (exact) mass is 264 g/mol. The summed E-state index contributed by atoms with van der Waals surface area (Å²) in [6, 6.07) is 6.42. The van der Waals surface area contributed by atoms with Gasteiger partial charge in [-0.3, -0.25) is 0 Å². The van der Waals surface area contributed by atoms with Gasteiger partial charge >= 0.3 is 0 Å². The van der Waals surface area contributed by atoms with Crippen molar-refractivity contribution in [1.29, 1.82) is 0 Å². The Kier molecular flexibility index (Phi) is 4.32. The fourth-order valence-electron chi connectivity index (χ4n) is 2.50. The van der Waals surface area contributed by atoms with E-state index in [4.69, 9.17) is 4.74 Å². The quantitative estimate of drug-likeness (QED) is 0.879. The average Bonchev–Trinajstić information content (AvgIpc) is 2.40. The molecule has 4 nitrogen and oxygen atoms in total. The van der Waals surface area contributed by atoms with Crippen LogP contribution in [0.15, 0.2) is 18.2 Å². The van der Waals surface area contributed by atoms with Crippen molar-refractivity contribution in [2.45, 2.75) is 39.0 Å². The lowest BCUT2D eigenvalue weighted by atomic mass is 10.1. The largest absolute Gasteiger partial charge is 0.508 e. The Hall–Kier alpha value is -1.26. The Labute approximate surface area is 115 Å². The normalized spacial score (nSPS) is 25.4. The molecular formula is C15H24N2O2. The van der Waals surface area contributed by atoms with Crippen LogP contribution in [-0.2, 0) is 4.74 Å². The van der Waals surface area contributed by atoms with E-state index in [1.165, 1.54) is 0 Å². The highest BCUT2D eigenvalue weighted by atomic mass is 16.5. The molecular weight excluding hydrogens is 240 g/mol. The molecule has 1 fully saturated rings. The van der Waals surface area contributed by atoms with Crippen molar-refractivity contribution in [1.82, 2.24) is 5.32 Å². The number of anilines is 1. The maximum Gasteiger partial charge on any atom is 0.122 e. The van der Waals surface area contributed by atoms with Crippen molar-refractivity contribution in [3.05, 3.63) is 23.8 Å². The summed E-state index contributed by atoms with van der Waals surface area (Å²) in [7, 11) is 1.89. The van der Waals surface area contributed by atoms with Crippen LogP contribution in [0.3, 0.4) is 0 Å². The zero-order valence-electron chi connectivity index (χ0n) is 12.2. The second-order valence-corrected chi connectivity index (χ2v) is 5.40. The molecule has 1 aromatic rings. The maximum absolute atomic E-state index is 10.2. The molecule has 3 unspecified atom stereocenters. The van der Waals surface area contributed by atoms with E-state index >= 15 is 0 Å². The SMILES string of the molecule is CNC(C)c1ccc(N2CC(C)OCC2C)cc1O. The van der Waals surface area contributed by atoms with Crippen LogP contribution in [0.4, 0.5) is 5.69 Å². The van der Waals surface area contributed by atoms with Crippen LogP contribution in [0.2, 0.25) is 0 Å². The minimum Gasteiger partial charge on any atom is -0.508 e. The molecule has 2 rings (SSSR count). The van der Waals surface area contributed by atoms with Crippen LogP contribution in [-0.4, -0.2) is 37.5 Å². The molecule has 4 heteroatoms. The number of nitrogens with one attached hydrogen (secondary N) is 1. The Bertz CT molecular complexity index is 436. The van der Waals surface area contributed by atoms with Gasteiger partial charge in [0.2, 0.25) is 0 Å². The number of hydrogen-bond donors (Lipinski definition) is 2. The molecule has 0 spiro atoms. The smallest absolute Gasteiger partial charge is 0.122 e. The average molecular weight is 264 g/mol. The van der Waals surface area contributed by atoms with E-state index in [1.807, 2.05) is 26.1 Å². The van der Waals surface area contributed by atoms with Gasteiger partial charge in [0.1, 0.15) is 5.75 Å². The van der Waals surface area contributed by atoms with Gasteiger partial charge in [-0.2, -0.15) is 0 Å². The zero-order valence-corrected chi connectivity index (χ0v) is 12.2. The van der Waals surface area contributed by atoms with Gasteiger partial charge in [-0.25, -0.2) is 0 Å². The summed E-state index contributed by atoms with van der Waals surface area (Å²) in [5.74, 6) is 0.352. The van der Waals surface area contributed by atoms with Crippen molar-refractivity contribution in [2.75, 3.05) is 25.1 Å². The number of nitrogens with zero attached hydrogens (tertiary/aromatic N) is 1. The minimum atomic E-state index is 0.148. The summed E-state index contributed by atoms with van der Waals surface area (Å²) >= 11 is 0. The van der Waals surface area contributed by atoms with Crippen LogP contribution in [0.5, 0.6) is 5.75 Å². The predicted molar refractivity (Wildman–Crippen MR) is 77.8 cm³/mol. The Balaban J connectivity index is 2.23.